The quantitative estimate of drug-likeness (QED) is 0.621. The third-order valence-corrected chi connectivity index (χ3v) is 4.88. The molecule has 172 valence electrons. The molecule has 2 aromatic heterocycles. The zero-order valence-electron chi connectivity index (χ0n) is 17.3. The van der Waals surface area contributed by atoms with E-state index in [1.54, 1.807) is 10.9 Å². The first-order valence-corrected chi connectivity index (χ1v) is 9.97. The molecule has 1 aliphatic heterocycles. The van der Waals surface area contributed by atoms with E-state index < -0.39 is 12.1 Å². The van der Waals surface area contributed by atoms with Crippen molar-refractivity contribution >= 4 is 23.1 Å². The van der Waals surface area contributed by atoms with E-state index in [-0.39, 0.29) is 5.56 Å². The normalized spacial score (nSPS) is 14.2. The van der Waals surface area contributed by atoms with Gasteiger partial charge in [-0.1, -0.05) is 30.3 Å². The summed E-state index contributed by atoms with van der Waals surface area (Å²) in [5.74, 6) is -1.92. The topological polar surface area (TPSA) is 105 Å². The number of nitrogens with one attached hydrogen (secondary N) is 1. The molecule has 1 aliphatic rings. The predicted molar refractivity (Wildman–Crippen MR) is 112 cm³/mol. The van der Waals surface area contributed by atoms with Gasteiger partial charge in [-0.15, -0.1) is 0 Å². The largest absolute Gasteiger partial charge is 0.490 e. The highest BCUT2D eigenvalue weighted by atomic mass is 19.4. The summed E-state index contributed by atoms with van der Waals surface area (Å²) in [6.07, 6.45) is -3.49. The van der Waals surface area contributed by atoms with E-state index >= 15 is 0 Å². The maximum atomic E-state index is 12.9. The first kappa shape index (κ1) is 23.3. The molecule has 1 saturated heterocycles. The van der Waals surface area contributed by atoms with Crippen molar-refractivity contribution in [1.29, 1.82) is 0 Å². The summed E-state index contributed by atoms with van der Waals surface area (Å²) in [6, 6.07) is 10.2. The number of piperazine rings is 1. The van der Waals surface area contributed by atoms with Gasteiger partial charge >= 0.3 is 12.1 Å². The van der Waals surface area contributed by atoms with Crippen molar-refractivity contribution in [2.45, 2.75) is 26.2 Å². The second kappa shape index (κ2) is 9.81. The summed E-state index contributed by atoms with van der Waals surface area (Å²) in [4.78, 5) is 33.2. The van der Waals surface area contributed by atoms with Crippen LogP contribution in [0.15, 0.2) is 41.5 Å². The van der Waals surface area contributed by atoms with Crippen molar-refractivity contribution in [2.75, 3.05) is 31.1 Å². The summed E-state index contributed by atoms with van der Waals surface area (Å²) in [5.41, 5.74) is 2.22. The van der Waals surface area contributed by atoms with Crippen molar-refractivity contribution in [2.24, 2.45) is 0 Å². The van der Waals surface area contributed by atoms with Crippen molar-refractivity contribution in [3.63, 3.8) is 0 Å². The van der Waals surface area contributed by atoms with Gasteiger partial charge in [-0.2, -0.15) is 18.2 Å². The lowest BCUT2D eigenvalue weighted by Gasteiger charge is -2.28. The third-order valence-electron chi connectivity index (χ3n) is 4.88. The van der Waals surface area contributed by atoms with Gasteiger partial charge in [-0.25, -0.2) is 9.78 Å². The van der Waals surface area contributed by atoms with E-state index in [4.69, 9.17) is 14.9 Å². The van der Waals surface area contributed by atoms with E-state index in [9.17, 15) is 18.0 Å². The Morgan fingerprint density at radius 3 is 2.38 bits per heavy atom. The number of aliphatic carboxylic acids is 1. The minimum absolute atomic E-state index is 0.0303. The number of hydrogen-bond acceptors (Lipinski definition) is 6. The van der Waals surface area contributed by atoms with Crippen molar-refractivity contribution in [1.82, 2.24) is 24.4 Å². The van der Waals surface area contributed by atoms with Gasteiger partial charge in [0.25, 0.3) is 5.56 Å². The van der Waals surface area contributed by atoms with Gasteiger partial charge in [-0.05, 0) is 12.5 Å². The van der Waals surface area contributed by atoms with Crippen LogP contribution >= 0.6 is 0 Å². The highest BCUT2D eigenvalue weighted by Crippen LogP contribution is 2.21. The summed E-state index contributed by atoms with van der Waals surface area (Å²) in [6.45, 7) is 6.75. The molecule has 2 N–H and O–H groups in total. The number of halogens is 3. The Morgan fingerprint density at radius 1 is 1.19 bits per heavy atom. The lowest BCUT2D eigenvalue weighted by atomic mass is 10.2. The fraction of sp³-hybridized carbons (Fsp3) is 0.400. The van der Waals surface area contributed by atoms with Gasteiger partial charge in [0.1, 0.15) is 6.33 Å². The number of carbonyl (C=O) groups is 1. The molecule has 0 amide bonds. The zero-order chi connectivity index (χ0) is 23.3. The smallest absolute Gasteiger partial charge is 0.475 e. The van der Waals surface area contributed by atoms with Crippen LogP contribution in [0.1, 0.15) is 12.5 Å². The molecule has 0 radical (unpaired) electrons. The standard InChI is InChI=1S/C18H22N6O.C2HF3O2/c1-2-22-13-20-16-15(17(22)25)24(12-14-6-4-3-5-7-14)18(21-16)23-10-8-19-9-11-23;3-2(4,5)1(6)7/h3-7,13,19H,2,8-12H2,1H3;(H,6,7). The summed E-state index contributed by atoms with van der Waals surface area (Å²) >= 11 is 0. The Morgan fingerprint density at radius 2 is 1.81 bits per heavy atom. The lowest BCUT2D eigenvalue weighted by Crippen LogP contribution is -2.44. The van der Waals surface area contributed by atoms with Crippen molar-refractivity contribution < 1.29 is 23.1 Å². The second-order valence-corrected chi connectivity index (χ2v) is 7.03. The Hall–Kier alpha value is -3.41. The molecule has 32 heavy (non-hydrogen) atoms. The van der Waals surface area contributed by atoms with Gasteiger partial charge in [0.05, 0.1) is 6.54 Å². The number of anilines is 1. The Balaban J connectivity index is 0.000000360. The second-order valence-electron chi connectivity index (χ2n) is 7.03. The van der Waals surface area contributed by atoms with Crippen LogP contribution in [-0.2, 0) is 17.9 Å². The molecular formula is C20H23F3N6O3. The number of fused-ring (bicyclic) bond motifs is 1. The minimum atomic E-state index is -5.08. The van der Waals surface area contributed by atoms with Crippen LogP contribution in [0.25, 0.3) is 11.2 Å². The van der Waals surface area contributed by atoms with Gasteiger partial charge in [0.2, 0.25) is 5.95 Å². The SMILES string of the molecule is CCn1cnc2nc(N3CCNCC3)n(Cc3ccccc3)c2c1=O.O=C(O)C(F)(F)F. The molecule has 0 unspecified atom stereocenters. The van der Waals surface area contributed by atoms with Gasteiger partial charge < -0.3 is 15.3 Å². The molecule has 0 atom stereocenters. The Bertz CT molecular complexity index is 1120. The average molecular weight is 452 g/mol. The average Bonchev–Trinajstić information content (AvgIpc) is 3.14. The minimum Gasteiger partial charge on any atom is -0.475 e. The number of alkyl halides is 3. The van der Waals surface area contributed by atoms with Crippen molar-refractivity contribution in [3.05, 3.63) is 52.6 Å². The van der Waals surface area contributed by atoms with Crippen LogP contribution in [0.3, 0.4) is 0 Å². The first-order valence-electron chi connectivity index (χ1n) is 9.97. The fourth-order valence-electron chi connectivity index (χ4n) is 3.29. The molecule has 0 bridgehead atoms. The molecule has 0 aliphatic carbocycles. The molecular weight excluding hydrogens is 429 g/mol. The fourth-order valence-corrected chi connectivity index (χ4v) is 3.29. The molecule has 4 rings (SSSR count). The monoisotopic (exact) mass is 452 g/mol. The highest BCUT2D eigenvalue weighted by molar-refractivity contribution is 5.74. The van der Waals surface area contributed by atoms with Gasteiger partial charge in [0, 0.05) is 32.7 Å². The number of rotatable bonds is 4. The molecule has 0 saturated carbocycles. The van der Waals surface area contributed by atoms with Crippen LogP contribution in [-0.4, -0.2) is 62.5 Å². The van der Waals surface area contributed by atoms with E-state index in [1.807, 2.05) is 29.7 Å². The van der Waals surface area contributed by atoms with Gasteiger partial charge in [-0.3, -0.25) is 13.9 Å². The number of carboxylic acid groups (broad SMARTS) is 1. The maximum absolute atomic E-state index is 12.9. The number of aromatic nitrogens is 4. The maximum Gasteiger partial charge on any atom is 0.490 e. The van der Waals surface area contributed by atoms with E-state index in [0.717, 1.165) is 37.7 Å². The predicted octanol–water partition coefficient (Wildman–Crippen LogP) is 1.70. The summed E-state index contributed by atoms with van der Waals surface area (Å²) in [7, 11) is 0. The van der Waals surface area contributed by atoms with Crippen LogP contribution in [0.2, 0.25) is 0 Å². The molecule has 3 aromatic rings. The Labute approximate surface area is 181 Å². The van der Waals surface area contributed by atoms with E-state index in [0.29, 0.717) is 24.3 Å². The number of aryl methyl sites for hydroxylation is 1. The molecule has 0 spiro atoms. The molecule has 3 heterocycles. The number of carboxylic acids is 1. The van der Waals surface area contributed by atoms with E-state index in [1.165, 1.54) is 0 Å². The highest BCUT2D eigenvalue weighted by Gasteiger charge is 2.38. The van der Waals surface area contributed by atoms with Crippen LogP contribution < -0.4 is 15.8 Å². The lowest BCUT2D eigenvalue weighted by molar-refractivity contribution is -0.192. The molecule has 1 aromatic carbocycles. The molecule has 12 heteroatoms. The number of benzene rings is 1. The number of hydrogen-bond donors (Lipinski definition) is 2. The van der Waals surface area contributed by atoms with Crippen LogP contribution in [0.5, 0.6) is 0 Å². The van der Waals surface area contributed by atoms with Crippen LogP contribution in [0, 0.1) is 0 Å². The zero-order valence-corrected chi connectivity index (χ0v) is 17.3. The van der Waals surface area contributed by atoms with Crippen molar-refractivity contribution in [3.8, 4) is 0 Å². The summed E-state index contributed by atoms with van der Waals surface area (Å²) in [5, 5.41) is 10.5. The summed E-state index contributed by atoms with van der Waals surface area (Å²) < 4.78 is 35.4. The first-order chi connectivity index (χ1) is 15.2. The van der Waals surface area contributed by atoms with Crippen LogP contribution in [0.4, 0.5) is 19.1 Å². The number of nitrogens with zero attached hydrogens (tertiary/aromatic N) is 5. The third kappa shape index (κ3) is 5.25. The molecule has 1 fully saturated rings. The number of imidazole rings is 1. The van der Waals surface area contributed by atoms with E-state index in [2.05, 4.69) is 27.3 Å². The Kier molecular flexibility index (Phi) is 7.13. The van der Waals surface area contributed by atoms with Gasteiger partial charge in [0.15, 0.2) is 11.2 Å². The molecule has 9 nitrogen and oxygen atoms in total.